The first-order chi connectivity index (χ1) is 7.38. The van der Waals surface area contributed by atoms with Crippen molar-refractivity contribution < 1.29 is 8.42 Å². The number of alkyl halides is 1. The van der Waals surface area contributed by atoms with Crippen LogP contribution in [0.4, 0.5) is 0 Å². The van der Waals surface area contributed by atoms with Gasteiger partial charge >= 0.3 is 0 Å². The van der Waals surface area contributed by atoms with Crippen molar-refractivity contribution >= 4 is 21.4 Å². The zero-order valence-corrected chi connectivity index (χ0v) is 11.7. The summed E-state index contributed by atoms with van der Waals surface area (Å²) in [7, 11) is -2.80. The molecule has 0 aromatic rings. The lowest BCUT2D eigenvalue weighted by Crippen LogP contribution is -2.36. The summed E-state index contributed by atoms with van der Waals surface area (Å²) < 4.78 is 22.0. The van der Waals surface area contributed by atoms with E-state index in [1.165, 1.54) is 6.26 Å². The molecule has 0 N–H and O–H groups in total. The third-order valence-corrected chi connectivity index (χ3v) is 4.66. The largest absolute Gasteiger partial charge is 0.303 e. The maximum absolute atomic E-state index is 11.0. The Bertz CT molecular complexity index is 295. The maximum atomic E-state index is 11.0. The molecule has 0 amide bonds. The van der Waals surface area contributed by atoms with Crippen LogP contribution in [0.15, 0.2) is 0 Å². The first-order valence-corrected chi connectivity index (χ1v) is 8.42. The second-order valence-electron chi connectivity index (χ2n) is 4.84. The van der Waals surface area contributed by atoms with Crippen molar-refractivity contribution in [2.45, 2.75) is 31.6 Å². The van der Waals surface area contributed by atoms with E-state index in [1.54, 1.807) is 0 Å². The minimum Gasteiger partial charge on any atom is -0.303 e. The lowest BCUT2D eigenvalue weighted by molar-refractivity contribution is 0.184. The number of nitrogens with zero attached hydrogens (tertiary/aromatic N) is 1. The highest BCUT2D eigenvalue weighted by Gasteiger charge is 2.22. The van der Waals surface area contributed by atoms with Crippen molar-refractivity contribution in [2.75, 3.05) is 31.6 Å². The summed E-state index contributed by atoms with van der Waals surface area (Å²) in [6, 6.07) is 0. The zero-order chi connectivity index (χ0) is 12.2. The van der Waals surface area contributed by atoms with Gasteiger partial charge in [0.05, 0.1) is 5.75 Å². The summed E-state index contributed by atoms with van der Waals surface area (Å²) in [5.41, 5.74) is 0. The first-order valence-electron chi connectivity index (χ1n) is 5.92. The summed E-state index contributed by atoms with van der Waals surface area (Å²) >= 11 is 6.07. The van der Waals surface area contributed by atoms with Crippen LogP contribution in [0.1, 0.15) is 26.2 Å². The Kier molecular flexibility index (Phi) is 5.54. The van der Waals surface area contributed by atoms with Gasteiger partial charge in [-0.05, 0) is 51.7 Å². The highest BCUT2D eigenvalue weighted by Crippen LogP contribution is 2.23. The predicted octanol–water partition coefficient (Wildman–Crippen LogP) is 1.76. The van der Waals surface area contributed by atoms with Gasteiger partial charge in [0, 0.05) is 11.6 Å². The normalized spacial score (nSPS) is 22.2. The van der Waals surface area contributed by atoms with Crippen LogP contribution >= 0.6 is 11.6 Å². The van der Waals surface area contributed by atoms with Crippen LogP contribution in [-0.2, 0) is 9.84 Å². The van der Waals surface area contributed by atoms with Gasteiger partial charge in [-0.2, -0.15) is 0 Å². The fourth-order valence-corrected chi connectivity index (χ4v) is 3.09. The molecule has 0 aromatic carbocycles. The average molecular weight is 268 g/mol. The molecule has 0 bridgehead atoms. The van der Waals surface area contributed by atoms with Gasteiger partial charge in [0.2, 0.25) is 0 Å². The first kappa shape index (κ1) is 14.3. The molecule has 1 fully saturated rings. The number of halogens is 1. The second kappa shape index (κ2) is 6.22. The van der Waals surface area contributed by atoms with Crippen LogP contribution in [0.3, 0.4) is 0 Å². The quantitative estimate of drug-likeness (QED) is 0.713. The Morgan fingerprint density at radius 3 is 2.38 bits per heavy atom. The molecule has 0 saturated carbocycles. The van der Waals surface area contributed by atoms with Gasteiger partial charge < -0.3 is 4.90 Å². The second-order valence-corrected chi connectivity index (χ2v) is 7.79. The highest BCUT2D eigenvalue weighted by molar-refractivity contribution is 7.90. The van der Waals surface area contributed by atoms with E-state index in [9.17, 15) is 8.42 Å². The van der Waals surface area contributed by atoms with Crippen LogP contribution in [-0.4, -0.2) is 50.3 Å². The van der Waals surface area contributed by atoms with Gasteiger partial charge in [-0.15, -0.1) is 11.6 Å². The standard InChI is InChI=1S/C11H22ClNO2S/c1-10(12)11-4-7-13(8-5-11)6-3-9-16(2,14)15/h10-11H,3-9H2,1-2H3. The minimum atomic E-state index is -2.80. The lowest BCUT2D eigenvalue weighted by Gasteiger charge is -2.33. The molecular formula is C11H22ClNO2S. The fourth-order valence-electron chi connectivity index (χ4n) is 2.19. The van der Waals surface area contributed by atoms with E-state index in [2.05, 4.69) is 11.8 Å². The monoisotopic (exact) mass is 267 g/mol. The summed E-state index contributed by atoms with van der Waals surface area (Å²) in [5, 5.41) is 0.262. The van der Waals surface area contributed by atoms with E-state index in [-0.39, 0.29) is 5.38 Å². The van der Waals surface area contributed by atoms with E-state index >= 15 is 0 Å². The van der Waals surface area contributed by atoms with Gasteiger partial charge in [0.25, 0.3) is 0 Å². The third-order valence-electron chi connectivity index (χ3n) is 3.27. The third kappa shape index (κ3) is 5.51. The molecule has 16 heavy (non-hydrogen) atoms. The molecule has 0 radical (unpaired) electrons. The molecule has 0 aromatic heterocycles. The van der Waals surface area contributed by atoms with E-state index in [1.807, 2.05) is 0 Å². The van der Waals surface area contributed by atoms with Crippen LogP contribution in [0.5, 0.6) is 0 Å². The molecule has 1 aliphatic heterocycles. The van der Waals surface area contributed by atoms with E-state index < -0.39 is 9.84 Å². The predicted molar refractivity (Wildman–Crippen MR) is 68.8 cm³/mol. The SMILES string of the molecule is CC(Cl)C1CCN(CCCS(C)(=O)=O)CC1. The molecule has 1 heterocycles. The van der Waals surface area contributed by atoms with Gasteiger partial charge in [-0.3, -0.25) is 0 Å². The van der Waals surface area contributed by atoms with Crippen molar-refractivity contribution in [1.29, 1.82) is 0 Å². The smallest absolute Gasteiger partial charge is 0.147 e. The molecular weight excluding hydrogens is 246 g/mol. The Labute approximate surface area is 104 Å². The molecule has 1 unspecified atom stereocenters. The Morgan fingerprint density at radius 2 is 1.94 bits per heavy atom. The van der Waals surface area contributed by atoms with Crippen molar-refractivity contribution in [3.8, 4) is 0 Å². The molecule has 96 valence electrons. The number of rotatable bonds is 5. The van der Waals surface area contributed by atoms with E-state index in [0.717, 1.165) is 38.9 Å². The number of sulfone groups is 1. The van der Waals surface area contributed by atoms with Crippen LogP contribution in [0.25, 0.3) is 0 Å². The molecule has 1 aliphatic rings. The summed E-state index contributed by atoms with van der Waals surface area (Å²) in [4.78, 5) is 2.35. The summed E-state index contributed by atoms with van der Waals surface area (Å²) in [6.45, 7) is 5.08. The number of hydrogen-bond donors (Lipinski definition) is 0. The van der Waals surface area contributed by atoms with Gasteiger partial charge in [0.1, 0.15) is 9.84 Å². The molecule has 3 nitrogen and oxygen atoms in total. The molecule has 1 atom stereocenters. The number of piperidine rings is 1. The van der Waals surface area contributed by atoms with Crippen molar-refractivity contribution in [3.63, 3.8) is 0 Å². The molecule has 5 heteroatoms. The van der Waals surface area contributed by atoms with E-state index in [0.29, 0.717) is 11.7 Å². The molecule has 0 spiro atoms. The zero-order valence-electron chi connectivity index (χ0n) is 10.2. The number of hydrogen-bond acceptors (Lipinski definition) is 3. The highest BCUT2D eigenvalue weighted by atomic mass is 35.5. The minimum absolute atomic E-state index is 0.262. The van der Waals surface area contributed by atoms with E-state index in [4.69, 9.17) is 11.6 Å². The van der Waals surface area contributed by atoms with Crippen LogP contribution in [0, 0.1) is 5.92 Å². The van der Waals surface area contributed by atoms with Gasteiger partial charge in [-0.25, -0.2) is 8.42 Å². The van der Waals surface area contributed by atoms with Crippen molar-refractivity contribution in [3.05, 3.63) is 0 Å². The Hall–Kier alpha value is 0.200. The average Bonchev–Trinajstić information content (AvgIpc) is 2.16. The van der Waals surface area contributed by atoms with Crippen LogP contribution < -0.4 is 0 Å². The topological polar surface area (TPSA) is 37.4 Å². The lowest BCUT2D eigenvalue weighted by atomic mass is 9.94. The fraction of sp³-hybridized carbons (Fsp3) is 1.00. The Morgan fingerprint density at radius 1 is 1.38 bits per heavy atom. The molecule has 1 saturated heterocycles. The number of likely N-dealkylation sites (tertiary alicyclic amines) is 1. The van der Waals surface area contributed by atoms with Gasteiger partial charge in [0.15, 0.2) is 0 Å². The maximum Gasteiger partial charge on any atom is 0.147 e. The Balaban J connectivity index is 2.18. The molecule has 1 rings (SSSR count). The van der Waals surface area contributed by atoms with Gasteiger partial charge in [-0.1, -0.05) is 0 Å². The van der Waals surface area contributed by atoms with Crippen molar-refractivity contribution in [1.82, 2.24) is 4.90 Å². The summed E-state index contributed by atoms with van der Waals surface area (Å²) in [6.07, 6.45) is 4.33. The summed E-state index contributed by atoms with van der Waals surface area (Å²) in [5.74, 6) is 0.937. The van der Waals surface area contributed by atoms with Crippen LogP contribution in [0.2, 0.25) is 0 Å². The molecule has 0 aliphatic carbocycles. The van der Waals surface area contributed by atoms with Crippen molar-refractivity contribution in [2.24, 2.45) is 5.92 Å².